The van der Waals surface area contributed by atoms with Crippen molar-refractivity contribution in [1.82, 2.24) is 9.80 Å². The van der Waals surface area contributed by atoms with Gasteiger partial charge in [-0.2, -0.15) is 0 Å². The third-order valence-electron chi connectivity index (χ3n) is 5.15. The van der Waals surface area contributed by atoms with Crippen LogP contribution in [-0.2, 0) is 4.74 Å². The zero-order chi connectivity index (χ0) is 23.4. The number of thiocarbonyl (C=S) groups is 1. The SMILES string of the molecule is COC(=O)c1c(NC(=S)Nc2ccc(C(=O)N3CCCC3)cc2)sc(C(=O)N(C)C)c1C. The number of carbonyl (C=O) groups excluding carboxylic acids is 3. The van der Waals surface area contributed by atoms with Crippen LogP contribution in [0.4, 0.5) is 10.7 Å². The van der Waals surface area contributed by atoms with Crippen molar-refractivity contribution < 1.29 is 19.1 Å². The highest BCUT2D eigenvalue weighted by Gasteiger charge is 2.26. The number of anilines is 2. The number of hydrogen-bond acceptors (Lipinski definition) is 6. The van der Waals surface area contributed by atoms with Gasteiger partial charge in [0.05, 0.1) is 17.6 Å². The molecule has 2 aromatic rings. The van der Waals surface area contributed by atoms with E-state index in [4.69, 9.17) is 17.0 Å². The number of thiophene rings is 1. The minimum Gasteiger partial charge on any atom is -0.465 e. The normalized spacial score (nSPS) is 12.9. The van der Waals surface area contributed by atoms with Crippen molar-refractivity contribution in [2.45, 2.75) is 19.8 Å². The molecule has 2 heterocycles. The molecule has 170 valence electrons. The molecular formula is C22H26N4O4S2. The van der Waals surface area contributed by atoms with Gasteiger partial charge < -0.3 is 25.2 Å². The standard InChI is InChI=1S/C22H26N4O4S2/c1-13-16(21(29)30-4)18(32-17(13)20(28)25(2)3)24-22(31)23-15-9-7-14(8-10-15)19(27)26-11-5-6-12-26/h7-10H,5-6,11-12H2,1-4H3,(H2,23,24,31). The minimum atomic E-state index is -0.549. The van der Waals surface area contributed by atoms with E-state index < -0.39 is 5.97 Å². The second-order valence-electron chi connectivity index (χ2n) is 7.61. The molecule has 0 radical (unpaired) electrons. The van der Waals surface area contributed by atoms with Gasteiger partial charge >= 0.3 is 5.97 Å². The summed E-state index contributed by atoms with van der Waals surface area (Å²) >= 11 is 6.55. The predicted octanol–water partition coefficient (Wildman–Crippen LogP) is 3.59. The molecule has 2 N–H and O–H groups in total. The van der Waals surface area contributed by atoms with Crippen molar-refractivity contribution in [3.05, 3.63) is 45.8 Å². The van der Waals surface area contributed by atoms with Crippen molar-refractivity contribution >= 4 is 57.1 Å². The van der Waals surface area contributed by atoms with Gasteiger partial charge in [-0.1, -0.05) is 0 Å². The zero-order valence-corrected chi connectivity index (χ0v) is 20.1. The molecule has 1 saturated heterocycles. The number of nitrogens with zero attached hydrogens (tertiary/aromatic N) is 2. The van der Waals surface area contributed by atoms with Crippen LogP contribution in [0.5, 0.6) is 0 Å². The number of nitrogens with one attached hydrogen (secondary N) is 2. The van der Waals surface area contributed by atoms with Gasteiger partial charge in [-0.25, -0.2) is 4.79 Å². The summed E-state index contributed by atoms with van der Waals surface area (Å²) in [5.41, 5.74) is 2.14. The Balaban J connectivity index is 1.74. The van der Waals surface area contributed by atoms with Crippen LogP contribution in [0.3, 0.4) is 0 Å². The van der Waals surface area contributed by atoms with Crippen LogP contribution in [-0.4, -0.2) is 67.0 Å². The molecule has 2 amide bonds. The molecule has 0 spiro atoms. The predicted molar refractivity (Wildman–Crippen MR) is 130 cm³/mol. The minimum absolute atomic E-state index is 0.0321. The summed E-state index contributed by atoms with van der Waals surface area (Å²) < 4.78 is 4.89. The Hall–Kier alpha value is -2.98. The lowest BCUT2D eigenvalue weighted by atomic mass is 10.1. The Labute approximate surface area is 196 Å². The fourth-order valence-corrected chi connectivity index (χ4v) is 4.93. The first kappa shape index (κ1) is 23.7. The number of ether oxygens (including phenoxy) is 1. The Kier molecular flexibility index (Phi) is 7.47. The van der Waals surface area contributed by atoms with Crippen LogP contribution in [0.25, 0.3) is 0 Å². The van der Waals surface area contributed by atoms with Gasteiger partial charge in [-0.3, -0.25) is 9.59 Å². The Morgan fingerprint density at radius 1 is 1.09 bits per heavy atom. The summed E-state index contributed by atoms with van der Waals surface area (Å²) in [6.07, 6.45) is 2.09. The molecule has 0 atom stereocenters. The molecule has 0 saturated carbocycles. The largest absolute Gasteiger partial charge is 0.465 e. The molecule has 0 unspecified atom stereocenters. The lowest BCUT2D eigenvalue weighted by Gasteiger charge is -2.15. The smallest absolute Gasteiger partial charge is 0.341 e. The molecule has 32 heavy (non-hydrogen) atoms. The maximum atomic E-state index is 12.5. The lowest BCUT2D eigenvalue weighted by Crippen LogP contribution is -2.27. The van der Waals surface area contributed by atoms with Gasteiger partial charge in [-0.15, -0.1) is 11.3 Å². The van der Waals surface area contributed by atoms with E-state index in [0.29, 0.717) is 26.7 Å². The first-order valence-corrected chi connectivity index (χ1v) is 11.4. The highest BCUT2D eigenvalue weighted by atomic mass is 32.1. The maximum Gasteiger partial charge on any atom is 0.341 e. The fourth-order valence-electron chi connectivity index (χ4n) is 3.42. The van der Waals surface area contributed by atoms with Crippen LogP contribution >= 0.6 is 23.6 Å². The van der Waals surface area contributed by atoms with Gasteiger partial charge in [0, 0.05) is 38.4 Å². The average molecular weight is 475 g/mol. The van der Waals surface area contributed by atoms with Gasteiger partial charge in [0.2, 0.25) is 0 Å². The average Bonchev–Trinajstić information content (AvgIpc) is 3.41. The van der Waals surface area contributed by atoms with E-state index in [-0.39, 0.29) is 22.5 Å². The van der Waals surface area contributed by atoms with E-state index in [2.05, 4.69) is 10.6 Å². The molecule has 1 fully saturated rings. The number of likely N-dealkylation sites (tertiary alicyclic amines) is 1. The fraction of sp³-hybridized carbons (Fsp3) is 0.364. The highest BCUT2D eigenvalue weighted by molar-refractivity contribution is 7.80. The monoisotopic (exact) mass is 474 g/mol. The summed E-state index contributed by atoms with van der Waals surface area (Å²) in [7, 11) is 4.59. The lowest BCUT2D eigenvalue weighted by molar-refractivity contribution is 0.0601. The molecule has 0 bridgehead atoms. The van der Waals surface area contributed by atoms with E-state index in [9.17, 15) is 14.4 Å². The van der Waals surface area contributed by atoms with E-state index in [1.807, 2.05) is 4.90 Å². The quantitative estimate of drug-likeness (QED) is 0.505. The molecule has 0 aliphatic carbocycles. The summed E-state index contributed by atoms with van der Waals surface area (Å²) in [5, 5.41) is 6.73. The number of rotatable bonds is 5. The van der Waals surface area contributed by atoms with Crippen LogP contribution in [0.15, 0.2) is 24.3 Å². The number of carbonyl (C=O) groups is 3. The Bertz CT molecular complexity index is 1040. The van der Waals surface area contributed by atoms with Crippen LogP contribution in [0, 0.1) is 6.92 Å². The third-order valence-corrected chi connectivity index (χ3v) is 6.55. The van der Waals surface area contributed by atoms with Crippen molar-refractivity contribution in [3.63, 3.8) is 0 Å². The Morgan fingerprint density at radius 3 is 2.28 bits per heavy atom. The summed E-state index contributed by atoms with van der Waals surface area (Å²) in [6, 6.07) is 7.07. The van der Waals surface area contributed by atoms with Crippen molar-refractivity contribution in [1.29, 1.82) is 0 Å². The van der Waals surface area contributed by atoms with Gasteiger partial charge in [0.1, 0.15) is 5.00 Å². The molecular weight excluding hydrogens is 448 g/mol. The Morgan fingerprint density at radius 2 is 1.72 bits per heavy atom. The number of methoxy groups -OCH3 is 1. The van der Waals surface area contributed by atoms with Crippen molar-refractivity contribution in [2.75, 3.05) is 44.9 Å². The highest BCUT2D eigenvalue weighted by Crippen LogP contribution is 2.34. The van der Waals surface area contributed by atoms with E-state index in [0.717, 1.165) is 37.3 Å². The molecule has 1 aliphatic heterocycles. The second kappa shape index (κ2) is 10.1. The number of esters is 1. The van der Waals surface area contributed by atoms with E-state index in [1.165, 1.54) is 12.0 Å². The zero-order valence-electron chi connectivity index (χ0n) is 18.5. The number of benzene rings is 1. The van der Waals surface area contributed by atoms with Crippen LogP contribution < -0.4 is 10.6 Å². The van der Waals surface area contributed by atoms with Crippen LogP contribution in [0.2, 0.25) is 0 Å². The van der Waals surface area contributed by atoms with E-state index in [1.54, 1.807) is 45.3 Å². The van der Waals surface area contributed by atoms with Gasteiger partial charge in [0.25, 0.3) is 11.8 Å². The van der Waals surface area contributed by atoms with Gasteiger partial charge in [-0.05, 0) is 61.8 Å². The third kappa shape index (κ3) is 5.08. The number of hydrogen-bond donors (Lipinski definition) is 2. The molecule has 10 heteroatoms. The topological polar surface area (TPSA) is 91.0 Å². The summed E-state index contributed by atoms with van der Waals surface area (Å²) in [4.78, 5) is 41.0. The second-order valence-corrected chi connectivity index (χ2v) is 9.04. The number of amides is 2. The summed E-state index contributed by atoms with van der Waals surface area (Å²) in [5.74, 6) is -0.723. The molecule has 1 aromatic carbocycles. The molecule has 1 aliphatic rings. The van der Waals surface area contributed by atoms with E-state index >= 15 is 0 Å². The maximum absolute atomic E-state index is 12.5. The molecule has 1 aromatic heterocycles. The first-order chi connectivity index (χ1) is 15.2. The summed E-state index contributed by atoms with van der Waals surface area (Å²) in [6.45, 7) is 3.30. The molecule has 8 nitrogen and oxygen atoms in total. The first-order valence-electron chi connectivity index (χ1n) is 10.1. The van der Waals surface area contributed by atoms with Crippen LogP contribution in [0.1, 0.15) is 48.8 Å². The van der Waals surface area contributed by atoms with Crippen molar-refractivity contribution in [2.24, 2.45) is 0 Å². The van der Waals surface area contributed by atoms with Crippen molar-refractivity contribution in [3.8, 4) is 0 Å². The molecule has 3 rings (SSSR count). The van der Waals surface area contributed by atoms with Gasteiger partial charge in [0.15, 0.2) is 5.11 Å².